The highest BCUT2D eigenvalue weighted by Gasteiger charge is 2.35. The van der Waals surface area contributed by atoms with Gasteiger partial charge in [0.1, 0.15) is 0 Å². The van der Waals surface area contributed by atoms with Crippen molar-refractivity contribution in [1.82, 2.24) is 4.90 Å². The molecule has 4 heteroatoms. The highest BCUT2D eigenvalue weighted by atomic mass is 79.9. The van der Waals surface area contributed by atoms with E-state index < -0.39 is 0 Å². The molecule has 3 nitrogen and oxygen atoms in total. The Balaban J connectivity index is 1.97. The number of hydrogen-bond acceptors (Lipinski definition) is 2. The monoisotopic (exact) mass is 275 g/mol. The number of halogens is 1. The van der Waals surface area contributed by atoms with Gasteiger partial charge in [-0.3, -0.25) is 4.79 Å². The molecule has 2 aliphatic rings. The summed E-state index contributed by atoms with van der Waals surface area (Å²) in [5, 5.41) is 0.979. The normalized spacial score (nSPS) is 25.9. The topological polar surface area (TPSA) is 29.5 Å². The van der Waals surface area contributed by atoms with Crippen molar-refractivity contribution in [2.45, 2.75) is 25.7 Å². The highest BCUT2D eigenvalue weighted by Crippen LogP contribution is 2.34. The fraction of sp³-hybridized carbons (Fsp3) is 0.909. The molecule has 2 aliphatic heterocycles. The van der Waals surface area contributed by atoms with Gasteiger partial charge in [-0.05, 0) is 19.3 Å². The Bertz CT molecular complexity index is 239. The molecule has 0 N–H and O–H groups in total. The van der Waals surface area contributed by atoms with Gasteiger partial charge in [0.05, 0.1) is 0 Å². The second-order valence-electron chi connectivity index (χ2n) is 4.66. The first kappa shape index (κ1) is 11.4. The fourth-order valence-corrected chi connectivity index (χ4v) is 3.15. The van der Waals surface area contributed by atoms with Crippen LogP contribution < -0.4 is 0 Å². The van der Waals surface area contributed by atoms with Crippen molar-refractivity contribution >= 4 is 21.8 Å². The summed E-state index contributed by atoms with van der Waals surface area (Å²) in [6.07, 6.45) is 3.92. The minimum absolute atomic E-state index is 0.262. The van der Waals surface area contributed by atoms with Crippen LogP contribution in [0.2, 0.25) is 0 Å². The fourth-order valence-electron chi connectivity index (χ4n) is 2.41. The molecule has 0 atom stereocenters. The van der Waals surface area contributed by atoms with Gasteiger partial charge in [0, 0.05) is 43.5 Å². The van der Waals surface area contributed by atoms with Crippen LogP contribution in [0, 0.1) is 5.41 Å². The lowest BCUT2D eigenvalue weighted by atomic mass is 9.82. The van der Waals surface area contributed by atoms with E-state index in [-0.39, 0.29) is 5.41 Å². The van der Waals surface area contributed by atoms with Crippen molar-refractivity contribution in [3.63, 3.8) is 0 Å². The number of carbonyl (C=O) groups excluding carboxylic acids is 1. The Morgan fingerprint density at radius 2 is 2.13 bits per heavy atom. The smallest absolute Gasteiger partial charge is 0.222 e. The molecule has 0 aliphatic carbocycles. The van der Waals surface area contributed by atoms with Crippen LogP contribution in [0.25, 0.3) is 0 Å². The number of alkyl halides is 1. The minimum Gasteiger partial charge on any atom is -0.381 e. The van der Waals surface area contributed by atoms with E-state index in [1.165, 1.54) is 0 Å². The lowest BCUT2D eigenvalue weighted by molar-refractivity contribution is -0.129. The van der Waals surface area contributed by atoms with Crippen molar-refractivity contribution in [3.05, 3.63) is 0 Å². The first-order valence-corrected chi connectivity index (χ1v) is 6.79. The molecule has 0 aromatic rings. The van der Waals surface area contributed by atoms with Crippen molar-refractivity contribution in [2.24, 2.45) is 5.41 Å². The minimum atomic E-state index is 0.262. The zero-order valence-electron chi connectivity index (χ0n) is 9.01. The van der Waals surface area contributed by atoms with Gasteiger partial charge >= 0.3 is 0 Å². The number of amides is 1. The van der Waals surface area contributed by atoms with Gasteiger partial charge < -0.3 is 9.64 Å². The molecule has 0 unspecified atom stereocenters. The molecule has 0 bridgehead atoms. The third kappa shape index (κ3) is 2.53. The Morgan fingerprint density at radius 3 is 2.67 bits per heavy atom. The number of hydrogen-bond donors (Lipinski definition) is 0. The van der Waals surface area contributed by atoms with Crippen LogP contribution in [0.4, 0.5) is 0 Å². The maximum Gasteiger partial charge on any atom is 0.222 e. The molecular weight excluding hydrogens is 258 g/mol. The Morgan fingerprint density at radius 1 is 1.40 bits per heavy atom. The van der Waals surface area contributed by atoms with Gasteiger partial charge in [0.25, 0.3) is 0 Å². The summed E-state index contributed by atoms with van der Waals surface area (Å²) in [5.74, 6) is 0.335. The number of rotatable bonds is 3. The highest BCUT2D eigenvalue weighted by molar-refractivity contribution is 9.09. The van der Waals surface area contributed by atoms with Crippen LogP contribution in [-0.4, -0.2) is 42.4 Å². The molecule has 0 saturated carbocycles. The zero-order valence-corrected chi connectivity index (χ0v) is 10.6. The van der Waals surface area contributed by atoms with Crippen molar-refractivity contribution in [1.29, 1.82) is 0 Å². The molecule has 2 rings (SSSR count). The average Bonchev–Trinajstić information content (AvgIpc) is 2.66. The molecular formula is C11H18BrNO2. The van der Waals surface area contributed by atoms with Crippen LogP contribution >= 0.6 is 15.9 Å². The van der Waals surface area contributed by atoms with E-state index in [0.717, 1.165) is 57.3 Å². The van der Waals surface area contributed by atoms with Gasteiger partial charge in [0.2, 0.25) is 5.91 Å². The summed E-state index contributed by atoms with van der Waals surface area (Å²) < 4.78 is 5.39. The third-order valence-electron chi connectivity index (χ3n) is 3.53. The van der Waals surface area contributed by atoms with Crippen LogP contribution in [0.5, 0.6) is 0 Å². The standard InChI is InChI=1S/C11H18BrNO2/c12-8-11(3-6-15-7-4-11)9-13-5-1-2-10(13)14/h1-9H2. The SMILES string of the molecule is O=C1CCCN1CC1(CBr)CCOCC1. The van der Waals surface area contributed by atoms with E-state index in [4.69, 9.17) is 4.74 Å². The summed E-state index contributed by atoms with van der Waals surface area (Å²) in [6, 6.07) is 0. The first-order chi connectivity index (χ1) is 7.26. The van der Waals surface area contributed by atoms with Gasteiger partial charge in [0.15, 0.2) is 0 Å². The number of nitrogens with zero attached hydrogens (tertiary/aromatic N) is 1. The second-order valence-corrected chi connectivity index (χ2v) is 5.23. The Kier molecular flexibility index (Phi) is 3.67. The molecule has 2 fully saturated rings. The van der Waals surface area contributed by atoms with Crippen LogP contribution in [0.3, 0.4) is 0 Å². The van der Waals surface area contributed by atoms with Crippen LogP contribution in [-0.2, 0) is 9.53 Å². The van der Waals surface area contributed by atoms with Gasteiger partial charge in [-0.1, -0.05) is 15.9 Å². The third-order valence-corrected chi connectivity index (χ3v) is 4.72. The van der Waals surface area contributed by atoms with E-state index >= 15 is 0 Å². The van der Waals surface area contributed by atoms with Crippen molar-refractivity contribution < 1.29 is 9.53 Å². The molecule has 86 valence electrons. The van der Waals surface area contributed by atoms with Crippen molar-refractivity contribution in [3.8, 4) is 0 Å². The predicted molar refractivity (Wildman–Crippen MR) is 62.1 cm³/mol. The van der Waals surface area contributed by atoms with Gasteiger partial charge in [-0.15, -0.1) is 0 Å². The molecule has 0 spiro atoms. The van der Waals surface area contributed by atoms with E-state index in [1.807, 2.05) is 4.90 Å². The van der Waals surface area contributed by atoms with E-state index in [0.29, 0.717) is 5.91 Å². The average molecular weight is 276 g/mol. The predicted octanol–water partition coefficient (Wildman–Crippen LogP) is 1.80. The molecule has 0 aromatic carbocycles. The molecule has 0 radical (unpaired) electrons. The lowest BCUT2D eigenvalue weighted by Gasteiger charge is -2.38. The summed E-state index contributed by atoms with van der Waals surface area (Å²) >= 11 is 3.60. The molecule has 0 aromatic heterocycles. The summed E-state index contributed by atoms with van der Waals surface area (Å²) in [5.41, 5.74) is 0.262. The number of likely N-dealkylation sites (tertiary alicyclic amines) is 1. The maximum absolute atomic E-state index is 11.6. The lowest BCUT2D eigenvalue weighted by Crippen LogP contribution is -2.43. The molecule has 2 heterocycles. The van der Waals surface area contributed by atoms with Gasteiger partial charge in [-0.2, -0.15) is 0 Å². The van der Waals surface area contributed by atoms with E-state index in [2.05, 4.69) is 15.9 Å². The van der Waals surface area contributed by atoms with E-state index in [1.54, 1.807) is 0 Å². The van der Waals surface area contributed by atoms with Gasteiger partial charge in [-0.25, -0.2) is 0 Å². The maximum atomic E-state index is 11.6. The largest absolute Gasteiger partial charge is 0.381 e. The summed E-state index contributed by atoms with van der Waals surface area (Å²) in [7, 11) is 0. The Labute approximate surface area is 99.3 Å². The summed E-state index contributed by atoms with van der Waals surface area (Å²) in [4.78, 5) is 13.6. The number of carbonyl (C=O) groups is 1. The van der Waals surface area contributed by atoms with Crippen LogP contribution in [0.15, 0.2) is 0 Å². The Hall–Kier alpha value is -0.0900. The molecule has 15 heavy (non-hydrogen) atoms. The molecule has 2 saturated heterocycles. The summed E-state index contributed by atoms with van der Waals surface area (Å²) in [6.45, 7) is 3.55. The number of ether oxygens (including phenoxy) is 1. The second kappa shape index (κ2) is 4.83. The van der Waals surface area contributed by atoms with Crippen molar-refractivity contribution in [2.75, 3.05) is 31.6 Å². The molecule has 1 amide bonds. The zero-order chi connectivity index (χ0) is 10.7. The van der Waals surface area contributed by atoms with Crippen LogP contribution in [0.1, 0.15) is 25.7 Å². The first-order valence-electron chi connectivity index (χ1n) is 5.67. The van der Waals surface area contributed by atoms with E-state index in [9.17, 15) is 4.79 Å². The quantitative estimate of drug-likeness (QED) is 0.736.